The van der Waals surface area contributed by atoms with Crippen molar-refractivity contribution in [3.8, 4) is 0 Å². The third-order valence-corrected chi connectivity index (χ3v) is 1.85. The normalized spacial score (nSPS) is 16.2. The smallest absolute Gasteiger partial charge is 0.0771 e. The fourth-order valence-corrected chi connectivity index (χ4v) is 0.583. The molecule has 0 amide bonds. The second-order valence-electron chi connectivity index (χ2n) is 3.54. The summed E-state index contributed by atoms with van der Waals surface area (Å²) in [6, 6.07) is 0. The summed E-state index contributed by atoms with van der Waals surface area (Å²) in [7, 11) is 0. The molecule has 0 fully saturated rings. The number of aliphatic hydroxyl groups excluding tert-OH is 5. The lowest BCUT2D eigenvalue weighted by Gasteiger charge is -2.03. The van der Waals surface area contributed by atoms with Crippen molar-refractivity contribution in [1.82, 2.24) is 0 Å². The SMILES string of the molecule is CC(O)C(C)O.OCCCCC(O)CO. The second-order valence-corrected chi connectivity index (χ2v) is 3.54. The molecule has 0 aliphatic heterocycles. The van der Waals surface area contributed by atoms with Crippen LogP contribution in [0.1, 0.15) is 33.1 Å². The molecule has 0 aromatic heterocycles. The predicted molar refractivity (Wildman–Crippen MR) is 57.4 cm³/mol. The van der Waals surface area contributed by atoms with E-state index in [0.29, 0.717) is 12.8 Å². The van der Waals surface area contributed by atoms with Gasteiger partial charge < -0.3 is 25.5 Å². The molecular weight excluding hydrogens is 200 g/mol. The average Bonchev–Trinajstić information content (AvgIpc) is 2.18. The molecular formula is C10H24O5. The predicted octanol–water partition coefficient (Wildman–Crippen LogP) is -0.750. The third kappa shape index (κ3) is 16.5. The molecule has 0 heterocycles. The van der Waals surface area contributed by atoms with E-state index in [9.17, 15) is 0 Å². The Morgan fingerprint density at radius 3 is 1.60 bits per heavy atom. The summed E-state index contributed by atoms with van der Waals surface area (Å²) in [4.78, 5) is 0. The van der Waals surface area contributed by atoms with Gasteiger partial charge in [0.25, 0.3) is 0 Å². The lowest BCUT2D eigenvalue weighted by Crippen LogP contribution is -2.17. The van der Waals surface area contributed by atoms with Gasteiger partial charge in [0.1, 0.15) is 0 Å². The number of rotatable bonds is 6. The van der Waals surface area contributed by atoms with Gasteiger partial charge in [-0.3, -0.25) is 0 Å². The maximum absolute atomic E-state index is 8.75. The highest BCUT2D eigenvalue weighted by Gasteiger charge is 2.00. The summed E-state index contributed by atoms with van der Waals surface area (Å²) >= 11 is 0. The quantitative estimate of drug-likeness (QED) is 0.382. The highest BCUT2D eigenvalue weighted by Crippen LogP contribution is 1.98. The largest absolute Gasteiger partial charge is 0.396 e. The number of hydrogen-bond donors (Lipinski definition) is 5. The molecule has 3 unspecified atom stereocenters. The number of aliphatic hydroxyl groups is 5. The van der Waals surface area contributed by atoms with Gasteiger partial charge in [-0.1, -0.05) is 0 Å². The van der Waals surface area contributed by atoms with Crippen molar-refractivity contribution in [3.05, 3.63) is 0 Å². The minimum Gasteiger partial charge on any atom is -0.396 e. The molecule has 94 valence electrons. The molecule has 5 heteroatoms. The van der Waals surface area contributed by atoms with Crippen LogP contribution in [-0.2, 0) is 0 Å². The average molecular weight is 224 g/mol. The van der Waals surface area contributed by atoms with Gasteiger partial charge in [-0.2, -0.15) is 0 Å². The molecule has 0 saturated heterocycles. The van der Waals surface area contributed by atoms with E-state index in [1.807, 2.05) is 0 Å². The summed E-state index contributed by atoms with van der Waals surface area (Å²) in [6.45, 7) is 3.08. The summed E-state index contributed by atoms with van der Waals surface area (Å²) in [5, 5.41) is 42.1. The molecule has 0 aromatic rings. The molecule has 0 aliphatic rings. The van der Waals surface area contributed by atoms with Crippen LogP contribution in [0.2, 0.25) is 0 Å². The van der Waals surface area contributed by atoms with Gasteiger partial charge in [-0.15, -0.1) is 0 Å². The van der Waals surface area contributed by atoms with Gasteiger partial charge in [-0.25, -0.2) is 0 Å². The van der Waals surface area contributed by atoms with Crippen LogP contribution < -0.4 is 0 Å². The first kappa shape index (κ1) is 17.2. The zero-order valence-electron chi connectivity index (χ0n) is 9.50. The van der Waals surface area contributed by atoms with Gasteiger partial charge in [-0.05, 0) is 33.1 Å². The highest BCUT2D eigenvalue weighted by molar-refractivity contribution is 4.51. The molecule has 0 aliphatic carbocycles. The van der Waals surface area contributed by atoms with Crippen molar-refractivity contribution in [3.63, 3.8) is 0 Å². The molecule has 0 aromatic carbocycles. The molecule has 5 N–H and O–H groups in total. The van der Waals surface area contributed by atoms with Crippen LogP contribution in [-0.4, -0.2) is 57.1 Å². The van der Waals surface area contributed by atoms with E-state index in [1.165, 1.54) is 0 Å². The number of hydrogen-bond acceptors (Lipinski definition) is 5. The van der Waals surface area contributed by atoms with Crippen LogP contribution in [0.15, 0.2) is 0 Å². The van der Waals surface area contributed by atoms with Crippen molar-refractivity contribution in [1.29, 1.82) is 0 Å². The van der Waals surface area contributed by atoms with E-state index in [4.69, 9.17) is 25.5 Å². The minimum atomic E-state index is -0.600. The molecule has 0 radical (unpaired) electrons. The Bertz CT molecular complexity index is 110. The first-order valence-corrected chi connectivity index (χ1v) is 5.21. The van der Waals surface area contributed by atoms with Crippen molar-refractivity contribution in [2.45, 2.75) is 51.4 Å². The van der Waals surface area contributed by atoms with Crippen molar-refractivity contribution in [2.75, 3.05) is 13.2 Å². The summed E-state index contributed by atoms with van der Waals surface area (Å²) < 4.78 is 0. The summed E-state index contributed by atoms with van der Waals surface area (Å²) in [6.07, 6.45) is 0.276. The fourth-order valence-electron chi connectivity index (χ4n) is 0.583. The monoisotopic (exact) mass is 224 g/mol. The summed E-state index contributed by atoms with van der Waals surface area (Å²) in [5.41, 5.74) is 0. The Morgan fingerprint density at radius 1 is 0.867 bits per heavy atom. The van der Waals surface area contributed by atoms with Gasteiger partial charge in [0, 0.05) is 6.61 Å². The van der Waals surface area contributed by atoms with Crippen LogP contribution in [0.4, 0.5) is 0 Å². The Balaban J connectivity index is 0. The standard InChI is InChI=1S/C6H14O3.C4H10O2/c7-4-2-1-3-6(9)5-8;1-3(5)4(2)6/h6-9H,1-5H2;3-6H,1-2H3. The third-order valence-electron chi connectivity index (χ3n) is 1.85. The van der Waals surface area contributed by atoms with E-state index in [-0.39, 0.29) is 13.2 Å². The van der Waals surface area contributed by atoms with Gasteiger partial charge >= 0.3 is 0 Å². The van der Waals surface area contributed by atoms with Crippen LogP contribution >= 0.6 is 0 Å². The lowest BCUT2D eigenvalue weighted by molar-refractivity contribution is 0.0438. The minimum absolute atomic E-state index is 0.165. The van der Waals surface area contributed by atoms with E-state index in [0.717, 1.165) is 6.42 Å². The van der Waals surface area contributed by atoms with E-state index in [2.05, 4.69) is 0 Å². The molecule has 0 spiro atoms. The Morgan fingerprint density at radius 2 is 1.33 bits per heavy atom. The van der Waals surface area contributed by atoms with E-state index >= 15 is 0 Å². The van der Waals surface area contributed by atoms with Crippen molar-refractivity contribution in [2.24, 2.45) is 0 Å². The lowest BCUT2D eigenvalue weighted by atomic mass is 10.2. The van der Waals surface area contributed by atoms with Crippen LogP contribution in [0, 0.1) is 0 Å². The number of unbranched alkanes of at least 4 members (excludes halogenated alkanes) is 1. The fraction of sp³-hybridized carbons (Fsp3) is 1.00. The Kier molecular flexibility index (Phi) is 13.6. The van der Waals surface area contributed by atoms with Crippen molar-refractivity contribution >= 4 is 0 Å². The van der Waals surface area contributed by atoms with Crippen LogP contribution in [0.5, 0.6) is 0 Å². The maximum atomic E-state index is 8.75. The molecule has 0 bridgehead atoms. The molecule has 0 rings (SSSR count). The molecule has 5 nitrogen and oxygen atoms in total. The summed E-state index contributed by atoms with van der Waals surface area (Å²) in [5.74, 6) is 0. The molecule has 15 heavy (non-hydrogen) atoms. The Hall–Kier alpha value is -0.200. The zero-order valence-corrected chi connectivity index (χ0v) is 9.50. The van der Waals surface area contributed by atoms with Crippen LogP contribution in [0.3, 0.4) is 0 Å². The molecule has 0 saturated carbocycles. The van der Waals surface area contributed by atoms with Gasteiger partial charge in [0.2, 0.25) is 0 Å². The topological polar surface area (TPSA) is 101 Å². The van der Waals surface area contributed by atoms with E-state index < -0.39 is 18.3 Å². The van der Waals surface area contributed by atoms with E-state index in [1.54, 1.807) is 13.8 Å². The Labute approximate surface area is 91.0 Å². The molecule has 3 atom stereocenters. The van der Waals surface area contributed by atoms with Gasteiger partial charge in [0.15, 0.2) is 0 Å². The zero-order chi connectivity index (χ0) is 12.3. The second kappa shape index (κ2) is 11.9. The first-order chi connectivity index (χ1) is 6.95. The van der Waals surface area contributed by atoms with Crippen LogP contribution in [0.25, 0.3) is 0 Å². The van der Waals surface area contributed by atoms with Crippen molar-refractivity contribution < 1.29 is 25.5 Å². The first-order valence-electron chi connectivity index (χ1n) is 5.21. The van der Waals surface area contributed by atoms with Gasteiger partial charge in [0.05, 0.1) is 24.9 Å². The maximum Gasteiger partial charge on any atom is 0.0771 e. The highest BCUT2D eigenvalue weighted by atomic mass is 16.3.